The summed E-state index contributed by atoms with van der Waals surface area (Å²) >= 11 is 0. The lowest BCUT2D eigenvalue weighted by Gasteiger charge is -2.47. The van der Waals surface area contributed by atoms with Gasteiger partial charge in [0.05, 0.1) is 39.0 Å². The van der Waals surface area contributed by atoms with Gasteiger partial charge in [0, 0.05) is 22.5 Å². The molecule has 20 rings (SSSR count). The van der Waals surface area contributed by atoms with E-state index in [4.69, 9.17) is 0 Å². The smallest absolute Gasteiger partial charge is 0.0748 e. The van der Waals surface area contributed by atoms with Gasteiger partial charge in [0.15, 0.2) is 0 Å². The standard InChI is InChI=1S/C101H68N2/c1-9-36-69(37-10-1)99(70-38-11-2-12-39-70)88-61-26-25-52-79(88)84-57-33-60-85(96(84)99)95-80-55-31-53-77(82-58-34-66-93-97(82)100(71-40-13-3-14-41-71,72-42-15-4-16-43-72)89-62-27-29-64-91(89)102(93)75-48-21-7-22-49-75)86(80)68-87-78(54-32-56-81(87)95)83-59-35-67-94-98(83)101(73-44-17-5-18-45-73,74-46-19-6-20-47-74)90-63-28-30-65-92(90)103(94)76-50-23-8-24-51-76/h1-68H. The largest absolute Gasteiger partial charge is 0.310 e. The molecule has 0 saturated heterocycles. The van der Waals surface area contributed by atoms with Gasteiger partial charge in [-0.1, -0.05) is 358 Å². The van der Waals surface area contributed by atoms with E-state index in [9.17, 15) is 0 Å². The van der Waals surface area contributed by atoms with Crippen LogP contribution in [-0.4, -0.2) is 0 Å². The van der Waals surface area contributed by atoms with E-state index >= 15 is 0 Å². The van der Waals surface area contributed by atoms with Gasteiger partial charge in [-0.05, 0) is 176 Å². The molecule has 0 spiro atoms. The van der Waals surface area contributed by atoms with Crippen molar-refractivity contribution in [3.8, 4) is 44.5 Å². The van der Waals surface area contributed by atoms with Crippen LogP contribution in [0.15, 0.2) is 413 Å². The van der Waals surface area contributed by atoms with Crippen molar-refractivity contribution in [3.63, 3.8) is 0 Å². The van der Waals surface area contributed by atoms with Crippen LogP contribution in [0.3, 0.4) is 0 Å². The van der Waals surface area contributed by atoms with E-state index in [1.807, 2.05) is 0 Å². The number of hydrogen-bond donors (Lipinski definition) is 0. The molecule has 0 aromatic heterocycles. The summed E-state index contributed by atoms with van der Waals surface area (Å²) in [5.41, 5.74) is 28.5. The number of rotatable bonds is 11. The molecule has 0 unspecified atom stereocenters. The summed E-state index contributed by atoms with van der Waals surface area (Å²) in [4.78, 5) is 5.03. The van der Waals surface area contributed by atoms with Crippen molar-refractivity contribution >= 4 is 55.7 Å². The molecule has 2 nitrogen and oxygen atoms in total. The number of para-hydroxylation sites is 4. The number of fused-ring (bicyclic) bond motifs is 9. The molecule has 0 atom stereocenters. The molecule has 0 radical (unpaired) electrons. The van der Waals surface area contributed by atoms with Gasteiger partial charge in [-0.25, -0.2) is 0 Å². The van der Waals surface area contributed by atoms with Crippen LogP contribution in [0, 0.1) is 0 Å². The van der Waals surface area contributed by atoms with Crippen LogP contribution >= 0.6 is 0 Å². The fourth-order valence-electron chi connectivity index (χ4n) is 18.8. The molecule has 1 aliphatic carbocycles. The molecule has 482 valence electrons. The highest BCUT2D eigenvalue weighted by molar-refractivity contribution is 6.21. The number of benzene rings is 17. The average Bonchev–Trinajstić information content (AvgIpc) is 1.41. The van der Waals surface area contributed by atoms with Gasteiger partial charge in [0.2, 0.25) is 0 Å². The fourth-order valence-corrected chi connectivity index (χ4v) is 18.8. The van der Waals surface area contributed by atoms with Crippen molar-refractivity contribution in [1.82, 2.24) is 0 Å². The Morgan fingerprint density at radius 1 is 0.165 bits per heavy atom. The minimum Gasteiger partial charge on any atom is -0.310 e. The first-order valence-corrected chi connectivity index (χ1v) is 35.9. The predicted octanol–water partition coefficient (Wildman–Crippen LogP) is 25.7. The van der Waals surface area contributed by atoms with Gasteiger partial charge < -0.3 is 9.80 Å². The van der Waals surface area contributed by atoms with Crippen LogP contribution in [0.1, 0.15) is 66.8 Å². The van der Waals surface area contributed by atoms with Gasteiger partial charge >= 0.3 is 0 Å². The average molecular weight is 1310 g/mol. The second kappa shape index (κ2) is 24.1. The summed E-state index contributed by atoms with van der Waals surface area (Å²) in [6.07, 6.45) is 0. The molecular formula is C101H68N2. The molecule has 103 heavy (non-hydrogen) atoms. The normalized spacial score (nSPS) is 14.0. The lowest BCUT2D eigenvalue weighted by Crippen LogP contribution is -2.38. The van der Waals surface area contributed by atoms with E-state index in [0.717, 1.165) is 67.2 Å². The lowest BCUT2D eigenvalue weighted by molar-refractivity contribution is 0.733. The van der Waals surface area contributed by atoms with Crippen LogP contribution in [0.25, 0.3) is 66.1 Å². The summed E-state index contributed by atoms with van der Waals surface area (Å²) in [6, 6.07) is 156. The van der Waals surface area contributed by atoms with Crippen LogP contribution in [-0.2, 0) is 16.2 Å². The Morgan fingerprint density at radius 2 is 0.427 bits per heavy atom. The first-order chi connectivity index (χ1) is 51.2. The minimum absolute atomic E-state index is 0.718. The Kier molecular flexibility index (Phi) is 14.0. The van der Waals surface area contributed by atoms with Gasteiger partial charge in [-0.2, -0.15) is 0 Å². The molecular weight excluding hydrogens is 1240 g/mol. The van der Waals surface area contributed by atoms with Gasteiger partial charge in [0.25, 0.3) is 0 Å². The van der Waals surface area contributed by atoms with Crippen molar-refractivity contribution in [2.45, 2.75) is 16.2 Å². The van der Waals surface area contributed by atoms with E-state index in [1.54, 1.807) is 0 Å². The molecule has 17 aromatic rings. The van der Waals surface area contributed by atoms with E-state index in [1.165, 1.54) is 99.8 Å². The Hall–Kier alpha value is -13.1. The van der Waals surface area contributed by atoms with Gasteiger partial charge in [0.1, 0.15) is 0 Å². The number of hydrogen-bond acceptors (Lipinski definition) is 2. The zero-order chi connectivity index (χ0) is 68.1. The summed E-state index contributed by atoms with van der Waals surface area (Å²) in [5.74, 6) is 0. The van der Waals surface area contributed by atoms with E-state index in [-0.39, 0.29) is 0 Å². The maximum absolute atomic E-state index is 2.59. The maximum Gasteiger partial charge on any atom is 0.0748 e. The van der Waals surface area contributed by atoms with Gasteiger partial charge in [-0.15, -0.1) is 0 Å². The second-order valence-electron chi connectivity index (χ2n) is 27.5. The van der Waals surface area contributed by atoms with Gasteiger partial charge in [-0.3, -0.25) is 0 Å². The molecule has 0 saturated carbocycles. The molecule has 0 bridgehead atoms. The van der Waals surface area contributed by atoms with Crippen LogP contribution in [0.5, 0.6) is 0 Å². The third-order valence-corrected chi connectivity index (χ3v) is 22.6. The molecule has 2 aliphatic heterocycles. The van der Waals surface area contributed by atoms with E-state index in [2.05, 4.69) is 422 Å². The molecule has 3 aliphatic rings. The Bertz CT molecular complexity index is 5690. The minimum atomic E-state index is -0.803. The van der Waals surface area contributed by atoms with Crippen molar-refractivity contribution in [3.05, 3.63) is 479 Å². The van der Waals surface area contributed by atoms with E-state index < -0.39 is 16.2 Å². The first kappa shape index (κ1) is 59.9. The monoisotopic (exact) mass is 1310 g/mol. The Labute approximate surface area is 601 Å². The highest BCUT2D eigenvalue weighted by Gasteiger charge is 2.52. The second-order valence-corrected chi connectivity index (χ2v) is 27.5. The third kappa shape index (κ3) is 8.68. The fraction of sp³-hybridized carbons (Fsp3) is 0.0297. The summed E-state index contributed by atoms with van der Waals surface area (Å²) in [6.45, 7) is 0. The van der Waals surface area contributed by atoms with Crippen LogP contribution in [0.4, 0.5) is 34.1 Å². The predicted molar refractivity (Wildman–Crippen MR) is 428 cm³/mol. The molecule has 0 fully saturated rings. The first-order valence-electron chi connectivity index (χ1n) is 35.9. The molecule has 17 aromatic carbocycles. The SMILES string of the molecule is c1ccc(N2c3ccccc3C(c3ccccc3)(c3ccccc3)c3c(-c4cccc5c(-c6cccc7c6C(c6ccccc6)(c6ccccc6)c6ccccc6-7)c6cccc(-c7cccc8c7C(c7ccccc7)(c7ccccc7)c7ccccc7N8c7ccccc7)c6cc45)cccc32)cc1. The zero-order valence-corrected chi connectivity index (χ0v) is 56.7. The maximum atomic E-state index is 2.59. The Balaban J connectivity index is 0.974. The van der Waals surface area contributed by atoms with E-state index in [0.29, 0.717) is 0 Å². The van der Waals surface area contributed by atoms with Crippen LogP contribution in [0.2, 0.25) is 0 Å². The highest BCUT2D eigenvalue weighted by Crippen LogP contribution is 2.65. The molecule has 0 N–H and O–H groups in total. The van der Waals surface area contributed by atoms with Crippen molar-refractivity contribution in [2.75, 3.05) is 9.80 Å². The third-order valence-electron chi connectivity index (χ3n) is 22.6. The summed E-state index contributed by atoms with van der Waals surface area (Å²) in [7, 11) is 0. The summed E-state index contributed by atoms with van der Waals surface area (Å²) in [5, 5.41) is 4.65. The number of anilines is 6. The molecule has 0 amide bonds. The molecule has 2 heteroatoms. The molecule has 2 heterocycles. The van der Waals surface area contributed by atoms with Crippen molar-refractivity contribution in [1.29, 1.82) is 0 Å². The lowest BCUT2D eigenvalue weighted by atomic mass is 9.60. The Morgan fingerprint density at radius 3 is 0.816 bits per heavy atom. The topological polar surface area (TPSA) is 6.48 Å². The summed E-state index contributed by atoms with van der Waals surface area (Å²) < 4.78 is 0. The van der Waals surface area contributed by atoms with Crippen LogP contribution < -0.4 is 9.80 Å². The quantitative estimate of drug-likeness (QED) is 0.119. The zero-order valence-electron chi connectivity index (χ0n) is 56.7. The highest BCUT2D eigenvalue weighted by atomic mass is 15.2. The van der Waals surface area contributed by atoms with Crippen molar-refractivity contribution < 1.29 is 0 Å². The van der Waals surface area contributed by atoms with Crippen molar-refractivity contribution in [2.24, 2.45) is 0 Å². The number of nitrogens with zero attached hydrogens (tertiary/aromatic N) is 2.